The Bertz CT molecular complexity index is 823. The average Bonchev–Trinajstić information content (AvgIpc) is 2.95. The Labute approximate surface area is 139 Å². The highest BCUT2D eigenvalue weighted by atomic mass is 32.2. The van der Waals surface area contributed by atoms with E-state index in [4.69, 9.17) is 4.42 Å². The first-order valence-electron chi connectivity index (χ1n) is 6.53. The van der Waals surface area contributed by atoms with Crippen molar-refractivity contribution in [3.05, 3.63) is 42.4 Å². The topological polar surface area (TPSA) is 73.6 Å². The van der Waals surface area contributed by atoms with E-state index in [1.807, 2.05) is 0 Å². The summed E-state index contributed by atoms with van der Waals surface area (Å²) in [7, 11) is -5.70. The Morgan fingerprint density at radius 3 is 2.38 bits per heavy atom. The minimum atomic E-state index is -5.70. The molecule has 1 heterocycles. The van der Waals surface area contributed by atoms with E-state index < -0.39 is 21.4 Å². The lowest BCUT2D eigenvalue weighted by molar-refractivity contribution is -0.0500. The largest absolute Gasteiger partial charge is 0.534 e. The number of benzene rings is 1. The van der Waals surface area contributed by atoms with E-state index in [2.05, 4.69) is 4.18 Å². The number of alkyl halides is 3. The molecule has 0 N–H and O–H groups in total. The maximum atomic E-state index is 12.2. The molecule has 0 radical (unpaired) electrons. The van der Waals surface area contributed by atoms with Gasteiger partial charge in [-0.15, -0.1) is 0 Å². The van der Waals surface area contributed by atoms with Crippen LogP contribution in [0, 0.1) is 0 Å². The summed E-state index contributed by atoms with van der Waals surface area (Å²) in [5.41, 5.74) is -5.49. The van der Waals surface area contributed by atoms with Gasteiger partial charge in [-0.05, 0) is 30.3 Å². The first kappa shape index (κ1) is 18.4. The molecule has 0 saturated carbocycles. The van der Waals surface area contributed by atoms with Gasteiger partial charge < -0.3 is 8.60 Å². The zero-order valence-corrected chi connectivity index (χ0v) is 13.8. The number of hydrogen-bond donors (Lipinski definition) is 0. The van der Waals surface area contributed by atoms with Crippen LogP contribution in [0.2, 0.25) is 0 Å². The van der Waals surface area contributed by atoms with Gasteiger partial charge in [0.05, 0.1) is 11.2 Å². The van der Waals surface area contributed by atoms with E-state index in [0.717, 1.165) is 23.9 Å². The predicted octanol–water partition coefficient (Wildman–Crippen LogP) is 4.25. The predicted molar refractivity (Wildman–Crippen MR) is 79.5 cm³/mol. The quantitative estimate of drug-likeness (QED) is 0.424. The number of furan rings is 1. The average molecular weight is 380 g/mol. The van der Waals surface area contributed by atoms with Crippen LogP contribution < -0.4 is 4.18 Å². The normalized spacial score (nSPS) is 12.2. The van der Waals surface area contributed by atoms with Gasteiger partial charge in [0.2, 0.25) is 0 Å². The minimum Gasteiger partial charge on any atom is -0.460 e. The lowest BCUT2D eigenvalue weighted by Gasteiger charge is -2.09. The molecule has 0 aliphatic heterocycles. The van der Waals surface area contributed by atoms with Gasteiger partial charge in [0.25, 0.3) is 0 Å². The highest BCUT2D eigenvalue weighted by molar-refractivity contribution is 7.99. The number of rotatable bonds is 6. The van der Waals surface area contributed by atoms with Crippen molar-refractivity contribution in [2.75, 3.05) is 0 Å². The fraction of sp³-hybridized carbons (Fsp3) is 0.214. The van der Waals surface area contributed by atoms with Gasteiger partial charge >= 0.3 is 15.6 Å². The van der Waals surface area contributed by atoms with Crippen molar-refractivity contribution in [1.29, 1.82) is 0 Å². The fourth-order valence-corrected chi connectivity index (χ4v) is 2.97. The lowest BCUT2D eigenvalue weighted by Crippen LogP contribution is -2.27. The molecular weight excluding hydrogens is 369 g/mol. The van der Waals surface area contributed by atoms with Crippen molar-refractivity contribution < 1.29 is 35.0 Å². The molecule has 0 bridgehead atoms. The van der Waals surface area contributed by atoms with E-state index in [1.165, 1.54) is 18.4 Å². The molecule has 0 saturated heterocycles. The molecule has 0 atom stereocenters. The number of carbonyl (C=O) groups excluding carboxylic acids is 1. The van der Waals surface area contributed by atoms with E-state index in [-0.39, 0.29) is 18.0 Å². The number of Topliss-reactive ketones (excluding diaryl/α,β-unsaturated/α-hetero) is 1. The minimum absolute atomic E-state index is 0.182. The molecule has 0 aliphatic carbocycles. The van der Waals surface area contributed by atoms with Gasteiger partial charge in [-0.25, -0.2) is 0 Å². The zero-order chi connectivity index (χ0) is 18.0. The van der Waals surface area contributed by atoms with Gasteiger partial charge in [0.1, 0.15) is 5.75 Å². The molecular formula is C14H11F3O5S2. The van der Waals surface area contributed by atoms with Crippen molar-refractivity contribution >= 4 is 27.7 Å². The molecule has 0 aliphatic rings. The van der Waals surface area contributed by atoms with Crippen LogP contribution in [0.15, 0.2) is 50.8 Å². The van der Waals surface area contributed by atoms with Crippen LogP contribution >= 0.6 is 11.8 Å². The van der Waals surface area contributed by atoms with Crippen LogP contribution in [-0.4, -0.2) is 19.7 Å². The molecule has 1 aromatic carbocycles. The molecule has 24 heavy (non-hydrogen) atoms. The highest BCUT2D eigenvalue weighted by Crippen LogP contribution is 2.34. The van der Waals surface area contributed by atoms with Crippen molar-refractivity contribution in [2.45, 2.75) is 28.6 Å². The van der Waals surface area contributed by atoms with Gasteiger partial charge in [-0.2, -0.15) is 21.6 Å². The third-order valence-corrected chi connectivity index (χ3v) is 4.77. The summed E-state index contributed by atoms with van der Waals surface area (Å²) in [5, 5.41) is 0. The van der Waals surface area contributed by atoms with Crippen LogP contribution in [0.25, 0.3) is 0 Å². The third kappa shape index (κ3) is 4.12. The summed E-state index contributed by atoms with van der Waals surface area (Å²) in [6, 6.07) is 6.52. The van der Waals surface area contributed by atoms with E-state index in [9.17, 15) is 26.4 Å². The van der Waals surface area contributed by atoms with Crippen molar-refractivity contribution in [2.24, 2.45) is 0 Å². The summed E-state index contributed by atoms with van der Waals surface area (Å²) in [5.74, 6) is -0.449. The summed E-state index contributed by atoms with van der Waals surface area (Å²) >= 11 is 1.16. The standard InChI is InChI=1S/C14H11F3O5S2/c1-2-11(18)13-12(7-8-21-13)23-10-5-3-9(4-6-10)22-24(19,20)14(15,16)17/h3-8H,2H2,1H3. The Balaban J connectivity index is 2.14. The Kier molecular flexibility index (Phi) is 5.29. The second kappa shape index (κ2) is 6.89. The molecule has 2 aromatic rings. The molecule has 0 unspecified atom stereocenters. The van der Waals surface area contributed by atoms with Crippen LogP contribution in [0.3, 0.4) is 0 Å². The SMILES string of the molecule is CCC(=O)c1occc1Sc1ccc(OS(=O)(=O)C(F)(F)F)cc1. The van der Waals surface area contributed by atoms with Gasteiger partial charge in [0.15, 0.2) is 11.5 Å². The molecule has 0 amide bonds. The number of carbonyl (C=O) groups is 1. The monoisotopic (exact) mass is 380 g/mol. The zero-order valence-electron chi connectivity index (χ0n) is 12.2. The van der Waals surface area contributed by atoms with Crippen molar-refractivity contribution in [3.63, 3.8) is 0 Å². The van der Waals surface area contributed by atoms with Crippen molar-refractivity contribution in [1.82, 2.24) is 0 Å². The fourth-order valence-electron chi connectivity index (χ4n) is 1.61. The Hall–Kier alpha value is -1.94. The Morgan fingerprint density at radius 2 is 1.83 bits per heavy atom. The molecule has 0 fully saturated rings. The second-order valence-corrected chi connectivity index (χ2v) is 7.10. The van der Waals surface area contributed by atoms with Gasteiger partial charge in [-0.3, -0.25) is 4.79 Å². The molecule has 10 heteroatoms. The molecule has 1 aromatic heterocycles. The number of ketones is 1. The van der Waals surface area contributed by atoms with Crippen LogP contribution in [0.5, 0.6) is 5.75 Å². The summed E-state index contributed by atoms with van der Waals surface area (Å²) in [6.45, 7) is 1.69. The van der Waals surface area contributed by atoms with E-state index >= 15 is 0 Å². The molecule has 5 nitrogen and oxygen atoms in total. The number of halogens is 3. The maximum absolute atomic E-state index is 12.2. The van der Waals surface area contributed by atoms with Crippen molar-refractivity contribution in [3.8, 4) is 5.75 Å². The van der Waals surface area contributed by atoms with E-state index in [0.29, 0.717) is 9.79 Å². The van der Waals surface area contributed by atoms with Crippen LogP contribution in [0.4, 0.5) is 13.2 Å². The highest BCUT2D eigenvalue weighted by Gasteiger charge is 2.48. The smallest absolute Gasteiger partial charge is 0.460 e. The number of hydrogen-bond acceptors (Lipinski definition) is 6. The molecule has 130 valence electrons. The lowest BCUT2D eigenvalue weighted by atomic mass is 10.2. The van der Waals surface area contributed by atoms with Crippen LogP contribution in [-0.2, 0) is 10.1 Å². The summed E-state index contributed by atoms with van der Waals surface area (Å²) in [6.07, 6.45) is 1.63. The van der Waals surface area contributed by atoms with E-state index in [1.54, 1.807) is 13.0 Å². The van der Waals surface area contributed by atoms with Crippen LogP contribution in [0.1, 0.15) is 23.9 Å². The summed E-state index contributed by atoms with van der Waals surface area (Å²) < 4.78 is 67.7. The van der Waals surface area contributed by atoms with Gasteiger partial charge in [-0.1, -0.05) is 18.7 Å². The summed E-state index contributed by atoms with van der Waals surface area (Å²) in [4.78, 5) is 12.8. The first-order chi connectivity index (χ1) is 11.1. The Morgan fingerprint density at radius 1 is 1.21 bits per heavy atom. The first-order valence-corrected chi connectivity index (χ1v) is 8.76. The molecule has 2 rings (SSSR count). The maximum Gasteiger partial charge on any atom is 0.534 e. The third-order valence-electron chi connectivity index (χ3n) is 2.74. The van der Waals surface area contributed by atoms with Gasteiger partial charge in [0, 0.05) is 11.3 Å². The molecule has 0 spiro atoms. The second-order valence-electron chi connectivity index (χ2n) is 4.45.